The molecular formula is C15H15N5O2. The number of hydrogen-bond acceptors (Lipinski definition) is 4. The lowest BCUT2D eigenvalue weighted by Gasteiger charge is -2.26. The summed E-state index contributed by atoms with van der Waals surface area (Å²) in [5.74, 6) is 0. The van der Waals surface area contributed by atoms with Crippen LogP contribution in [0.2, 0.25) is 0 Å². The summed E-state index contributed by atoms with van der Waals surface area (Å²) in [6, 6.07) is 7.03. The summed E-state index contributed by atoms with van der Waals surface area (Å²) in [5.41, 5.74) is 1.50. The molecule has 0 spiro atoms. The Hall–Kier alpha value is -2.70. The smallest absolute Gasteiger partial charge is 0.324 e. The van der Waals surface area contributed by atoms with Gasteiger partial charge in [-0.25, -0.2) is 19.6 Å². The number of aromatic amines is 1. The number of aromatic nitrogens is 4. The Labute approximate surface area is 125 Å². The third-order valence-electron chi connectivity index (χ3n) is 4.01. The topological polar surface area (TPSA) is 83.9 Å². The summed E-state index contributed by atoms with van der Waals surface area (Å²) >= 11 is 0. The molecule has 22 heavy (non-hydrogen) atoms. The van der Waals surface area contributed by atoms with Crippen molar-refractivity contribution in [1.29, 1.82) is 0 Å². The quantitative estimate of drug-likeness (QED) is 0.685. The molecule has 1 aliphatic rings. The molecule has 7 nitrogen and oxygen atoms in total. The average Bonchev–Trinajstić information content (AvgIpc) is 2.87. The lowest BCUT2D eigenvalue weighted by atomic mass is 10.1. The summed E-state index contributed by atoms with van der Waals surface area (Å²) in [4.78, 5) is 38.0. The highest BCUT2D eigenvalue weighted by Gasteiger charge is 2.23. The van der Waals surface area contributed by atoms with Crippen LogP contribution in [0.4, 0.5) is 4.79 Å². The fourth-order valence-electron chi connectivity index (χ4n) is 2.89. The van der Waals surface area contributed by atoms with E-state index in [2.05, 4.69) is 15.0 Å². The minimum absolute atomic E-state index is 0.291. The normalized spacial score (nSPS) is 15.5. The molecule has 112 valence electrons. The van der Waals surface area contributed by atoms with E-state index >= 15 is 0 Å². The van der Waals surface area contributed by atoms with Gasteiger partial charge < -0.3 is 4.90 Å². The van der Waals surface area contributed by atoms with Gasteiger partial charge in [0.25, 0.3) is 0 Å². The van der Waals surface area contributed by atoms with E-state index in [4.69, 9.17) is 0 Å². The van der Waals surface area contributed by atoms with E-state index in [1.807, 2.05) is 24.3 Å². The summed E-state index contributed by atoms with van der Waals surface area (Å²) in [6.07, 6.45) is 3.06. The van der Waals surface area contributed by atoms with E-state index in [1.165, 1.54) is 0 Å². The fraction of sp³-hybridized carbons (Fsp3) is 0.333. The van der Waals surface area contributed by atoms with Gasteiger partial charge in [0, 0.05) is 13.1 Å². The second kappa shape index (κ2) is 4.94. The number of benzene rings is 1. The number of nitrogens with zero attached hydrogens (tertiary/aromatic N) is 4. The van der Waals surface area contributed by atoms with Crippen LogP contribution < -0.4 is 5.69 Å². The Bertz CT molecular complexity index is 920. The van der Waals surface area contributed by atoms with E-state index in [0.29, 0.717) is 35.4 Å². The first-order valence-electron chi connectivity index (χ1n) is 7.41. The van der Waals surface area contributed by atoms with Gasteiger partial charge in [-0.2, -0.15) is 4.57 Å². The molecule has 1 amide bonds. The molecular weight excluding hydrogens is 282 g/mol. The maximum Gasteiger partial charge on any atom is 0.337 e. The molecule has 1 saturated heterocycles. The van der Waals surface area contributed by atoms with Gasteiger partial charge >= 0.3 is 11.7 Å². The second-order valence-corrected chi connectivity index (χ2v) is 5.48. The molecule has 0 unspecified atom stereocenters. The van der Waals surface area contributed by atoms with E-state index in [9.17, 15) is 9.59 Å². The predicted molar refractivity (Wildman–Crippen MR) is 81.9 cm³/mol. The van der Waals surface area contributed by atoms with Crippen molar-refractivity contribution >= 4 is 28.4 Å². The van der Waals surface area contributed by atoms with Crippen LogP contribution in [0, 0.1) is 0 Å². The van der Waals surface area contributed by atoms with Gasteiger partial charge in [0.15, 0.2) is 11.3 Å². The van der Waals surface area contributed by atoms with Crippen molar-refractivity contribution in [1.82, 2.24) is 24.4 Å². The van der Waals surface area contributed by atoms with Gasteiger partial charge in [-0.15, -0.1) is 0 Å². The number of likely N-dealkylation sites (tertiary alicyclic amines) is 1. The highest BCUT2D eigenvalue weighted by molar-refractivity contribution is 5.89. The first-order valence-corrected chi connectivity index (χ1v) is 7.41. The first kappa shape index (κ1) is 13.0. The SMILES string of the molecule is O=C(N1CCCCC1)n1c(=O)[nH]c2nc3ccccc3nc21. The lowest BCUT2D eigenvalue weighted by molar-refractivity contribution is 0.188. The maximum atomic E-state index is 12.6. The van der Waals surface area contributed by atoms with E-state index in [1.54, 1.807) is 4.90 Å². The minimum atomic E-state index is -0.485. The average molecular weight is 297 g/mol. The minimum Gasteiger partial charge on any atom is -0.324 e. The van der Waals surface area contributed by atoms with Crippen molar-refractivity contribution in [2.75, 3.05) is 13.1 Å². The molecule has 0 atom stereocenters. The van der Waals surface area contributed by atoms with Crippen molar-refractivity contribution in [2.45, 2.75) is 19.3 Å². The molecule has 7 heteroatoms. The standard InChI is InChI=1S/C15H15N5O2/c21-14-18-12-13(17-11-7-3-2-6-10(11)16-12)20(14)15(22)19-8-4-1-5-9-19/h2-3,6-7H,1,4-5,8-9H2,(H,16,18,21). The summed E-state index contributed by atoms with van der Waals surface area (Å²) in [7, 11) is 0. The van der Waals surface area contributed by atoms with E-state index in [-0.39, 0.29) is 6.03 Å². The Morgan fingerprint density at radius 3 is 2.45 bits per heavy atom. The van der Waals surface area contributed by atoms with Crippen LogP contribution in [0.25, 0.3) is 22.3 Å². The number of fused-ring (bicyclic) bond motifs is 2. The molecule has 0 bridgehead atoms. The Morgan fingerprint density at radius 2 is 1.73 bits per heavy atom. The number of imidazole rings is 1. The number of nitrogens with one attached hydrogen (secondary N) is 1. The third kappa shape index (κ3) is 1.97. The number of hydrogen-bond donors (Lipinski definition) is 1. The van der Waals surface area contributed by atoms with Crippen molar-refractivity contribution in [3.05, 3.63) is 34.7 Å². The van der Waals surface area contributed by atoms with Crippen molar-refractivity contribution in [2.24, 2.45) is 0 Å². The number of carbonyl (C=O) groups excluding carboxylic acids is 1. The molecule has 1 N–H and O–H groups in total. The molecule has 1 aliphatic heterocycles. The van der Waals surface area contributed by atoms with Gasteiger partial charge in [-0.1, -0.05) is 12.1 Å². The highest BCUT2D eigenvalue weighted by Crippen LogP contribution is 2.15. The monoisotopic (exact) mass is 297 g/mol. The Morgan fingerprint density at radius 1 is 1.05 bits per heavy atom. The second-order valence-electron chi connectivity index (χ2n) is 5.48. The maximum absolute atomic E-state index is 12.6. The zero-order chi connectivity index (χ0) is 15.1. The number of H-pyrrole nitrogens is 1. The number of carbonyl (C=O) groups is 1. The van der Waals surface area contributed by atoms with Crippen LogP contribution in [-0.4, -0.2) is 43.5 Å². The number of para-hydroxylation sites is 2. The third-order valence-corrected chi connectivity index (χ3v) is 4.01. The zero-order valence-electron chi connectivity index (χ0n) is 12.0. The molecule has 1 fully saturated rings. The first-order chi connectivity index (χ1) is 10.7. The van der Waals surface area contributed by atoms with Gasteiger partial charge in [-0.3, -0.25) is 4.98 Å². The highest BCUT2D eigenvalue weighted by atomic mass is 16.2. The molecule has 3 aromatic rings. The largest absolute Gasteiger partial charge is 0.337 e. The van der Waals surface area contributed by atoms with E-state index < -0.39 is 5.69 Å². The van der Waals surface area contributed by atoms with Crippen LogP contribution in [-0.2, 0) is 0 Å². The zero-order valence-corrected chi connectivity index (χ0v) is 12.0. The van der Waals surface area contributed by atoms with Gasteiger partial charge in [-0.05, 0) is 31.4 Å². The molecule has 3 heterocycles. The molecule has 0 saturated carbocycles. The Kier molecular flexibility index (Phi) is 2.92. The van der Waals surface area contributed by atoms with Crippen LogP contribution in [0.5, 0.6) is 0 Å². The molecule has 0 radical (unpaired) electrons. The molecule has 2 aromatic heterocycles. The summed E-state index contributed by atoms with van der Waals surface area (Å²) in [6.45, 7) is 1.36. The number of piperidine rings is 1. The van der Waals surface area contributed by atoms with Crippen molar-refractivity contribution in [3.8, 4) is 0 Å². The van der Waals surface area contributed by atoms with Crippen LogP contribution in [0.3, 0.4) is 0 Å². The fourth-order valence-corrected chi connectivity index (χ4v) is 2.89. The summed E-state index contributed by atoms with van der Waals surface area (Å²) in [5, 5.41) is 0. The van der Waals surface area contributed by atoms with Gasteiger partial charge in [0.2, 0.25) is 0 Å². The van der Waals surface area contributed by atoms with Crippen LogP contribution in [0.15, 0.2) is 29.1 Å². The number of rotatable bonds is 0. The van der Waals surface area contributed by atoms with E-state index in [0.717, 1.165) is 23.8 Å². The van der Waals surface area contributed by atoms with Gasteiger partial charge in [0.05, 0.1) is 11.0 Å². The molecule has 1 aromatic carbocycles. The predicted octanol–water partition coefficient (Wildman–Crippen LogP) is 1.73. The Balaban J connectivity index is 1.89. The number of amides is 1. The summed E-state index contributed by atoms with van der Waals surface area (Å²) < 4.78 is 1.10. The van der Waals surface area contributed by atoms with Crippen LogP contribution >= 0.6 is 0 Å². The van der Waals surface area contributed by atoms with Crippen molar-refractivity contribution < 1.29 is 4.79 Å². The van der Waals surface area contributed by atoms with Crippen LogP contribution in [0.1, 0.15) is 19.3 Å². The molecule has 0 aliphatic carbocycles. The lowest BCUT2D eigenvalue weighted by Crippen LogP contribution is -2.42. The van der Waals surface area contributed by atoms with Gasteiger partial charge in [0.1, 0.15) is 0 Å². The van der Waals surface area contributed by atoms with Crippen molar-refractivity contribution in [3.63, 3.8) is 0 Å². The molecule has 4 rings (SSSR count).